The van der Waals surface area contributed by atoms with Gasteiger partial charge in [-0.3, -0.25) is 0 Å². The standard InChI is InChI=1S/C36H38N2/c1-35(2)25-15-5-9-19-29(25)37(30-20-10-6-16-26(30)35)33-23-13-14-24-34(33)38-31-21-11-7-17-27(31)36(3,4)28-18-8-12-22-32(28)38/h5-12,15-22,33-34H,13-14,23-24H2,1-4H3/t33-,34-/m1/s1. The van der Waals surface area contributed by atoms with Crippen molar-refractivity contribution in [1.82, 2.24) is 0 Å². The second kappa shape index (κ2) is 8.50. The molecule has 0 radical (unpaired) electrons. The topological polar surface area (TPSA) is 6.48 Å². The van der Waals surface area contributed by atoms with Crippen molar-refractivity contribution in [1.29, 1.82) is 0 Å². The summed E-state index contributed by atoms with van der Waals surface area (Å²) >= 11 is 0. The van der Waals surface area contributed by atoms with Crippen molar-refractivity contribution in [3.63, 3.8) is 0 Å². The van der Waals surface area contributed by atoms with E-state index in [1.165, 1.54) is 70.7 Å². The molecule has 0 aromatic heterocycles. The summed E-state index contributed by atoms with van der Waals surface area (Å²) in [6.07, 6.45) is 4.93. The average Bonchev–Trinajstić information content (AvgIpc) is 2.94. The van der Waals surface area contributed by atoms with Crippen molar-refractivity contribution in [2.75, 3.05) is 9.80 Å². The summed E-state index contributed by atoms with van der Waals surface area (Å²) in [4.78, 5) is 5.45. The molecule has 1 aliphatic carbocycles. The Hall–Kier alpha value is -3.52. The average molecular weight is 499 g/mol. The zero-order valence-electron chi connectivity index (χ0n) is 23.1. The third-order valence-corrected chi connectivity index (χ3v) is 9.70. The fourth-order valence-corrected chi connectivity index (χ4v) is 7.81. The maximum absolute atomic E-state index is 2.73. The minimum absolute atomic E-state index is 0.0256. The van der Waals surface area contributed by atoms with E-state index in [-0.39, 0.29) is 10.8 Å². The Morgan fingerprint density at radius 2 is 0.711 bits per heavy atom. The molecule has 4 aromatic carbocycles. The van der Waals surface area contributed by atoms with Gasteiger partial charge in [0.05, 0.1) is 12.1 Å². The summed E-state index contributed by atoms with van der Waals surface area (Å²) in [5.41, 5.74) is 11.2. The van der Waals surface area contributed by atoms with Gasteiger partial charge in [0.15, 0.2) is 0 Å². The summed E-state index contributed by atoms with van der Waals surface area (Å²) < 4.78 is 0. The molecule has 0 saturated heterocycles. The molecule has 2 nitrogen and oxygen atoms in total. The third kappa shape index (κ3) is 3.25. The predicted molar refractivity (Wildman–Crippen MR) is 160 cm³/mol. The normalized spacial score (nSPS) is 22.6. The van der Waals surface area contributed by atoms with Crippen LogP contribution in [0.2, 0.25) is 0 Å². The lowest BCUT2D eigenvalue weighted by Crippen LogP contribution is -2.54. The first-order chi connectivity index (χ1) is 18.4. The zero-order valence-corrected chi connectivity index (χ0v) is 23.1. The molecule has 0 bridgehead atoms. The quantitative estimate of drug-likeness (QED) is 0.272. The van der Waals surface area contributed by atoms with Crippen LogP contribution in [0.3, 0.4) is 0 Å². The molecule has 2 heteroatoms. The number of hydrogen-bond acceptors (Lipinski definition) is 2. The second-order valence-electron chi connectivity index (χ2n) is 12.5. The van der Waals surface area contributed by atoms with Gasteiger partial charge in [-0.05, 0) is 59.4 Å². The molecule has 0 spiro atoms. The Balaban J connectivity index is 1.44. The van der Waals surface area contributed by atoms with Crippen LogP contribution < -0.4 is 9.80 Å². The van der Waals surface area contributed by atoms with Crippen LogP contribution in [0.15, 0.2) is 97.1 Å². The number of benzene rings is 4. The van der Waals surface area contributed by atoms with E-state index in [1.54, 1.807) is 0 Å². The Morgan fingerprint density at radius 3 is 1.00 bits per heavy atom. The van der Waals surface area contributed by atoms with Crippen molar-refractivity contribution in [3.8, 4) is 0 Å². The lowest BCUT2D eigenvalue weighted by atomic mass is 9.71. The summed E-state index contributed by atoms with van der Waals surface area (Å²) in [5, 5.41) is 0. The van der Waals surface area contributed by atoms with E-state index < -0.39 is 0 Å². The van der Waals surface area contributed by atoms with Crippen LogP contribution in [-0.4, -0.2) is 12.1 Å². The van der Waals surface area contributed by atoms with Crippen molar-refractivity contribution >= 4 is 22.7 Å². The smallest absolute Gasteiger partial charge is 0.0550 e. The predicted octanol–water partition coefficient (Wildman–Crippen LogP) is 9.25. The maximum Gasteiger partial charge on any atom is 0.0550 e. The van der Waals surface area contributed by atoms with Crippen LogP contribution in [0.4, 0.5) is 22.7 Å². The van der Waals surface area contributed by atoms with Crippen molar-refractivity contribution in [2.24, 2.45) is 0 Å². The van der Waals surface area contributed by atoms with Gasteiger partial charge in [0.25, 0.3) is 0 Å². The number of fused-ring (bicyclic) bond motifs is 4. The van der Waals surface area contributed by atoms with Crippen LogP contribution in [0.25, 0.3) is 0 Å². The van der Waals surface area contributed by atoms with Gasteiger partial charge in [0.2, 0.25) is 0 Å². The minimum atomic E-state index is -0.0256. The Morgan fingerprint density at radius 1 is 0.447 bits per heavy atom. The molecule has 2 aliphatic heterocycles. The molecule has 192 valence electrons. The number of hydrogen-bond donors (Lipinski definition) is 0. The highest BCUT2D eigenvalue weighted by molar-refractivity contribution is 5.81. The van der Waals surface area contributed by atoms with Gasteiger partial charge in [-0.25, -0.2) is 0 Å². The first kappa shape index (κ1) is 23.6. The monoisotopic (exact) mass is 498 g/mol. The summed E-state index contributed by atoms with van der Waals surface area (Å²) in [7, 11) is 0. The van der Waals surface area contributed by atoms with Crippen molar-refractivity contribution < 1.29 is 0 Å². The van der Waals surface area contributed by atoms with E-state index in [2.05, 4.69) is 135 Å². The molecular weight excluding hydrogens is 460 g/mol. The third-order valence-electron chi connectivity index (χ3n) is 9.70. The van der Waals surface area contributed by atoms with Gasteiger partial charge in [-0.15, -0.1) is 0 Å². The Bertz CT molecular complexity index is 1300. The van der Waals surface area contributed by atoms with E-state index in [9.17, 15) is 0 Å². The number of nitrogens with zero attached hydrogens (tertiary/aromatic N) is 2. The number of rotatable bonds is 2. The lowest BCUT2D eigenvalue weighted by Gasteiger charge is -2.53. The molecule has 0 unspecified atom stereocenters. The molecule has 7 rings (SSSR count). The second-order valence-corrected chi connectivity index (χ2v) is 12.5. The first-order valence-electron chi connectivity index (χ1n) is 14.4. The molecule has 3 aliphatic rings. The zero-order chi connectivity index (χ0) is 26.1. The van der Waals surface area contributed by atoms with E-state index >= 15 is 0 Å². The van der Waals surface area contributed by atoms with E-state index in [1.807, 2.05) is 0 Å². The summed E-state index contributed by atoms with van der Waals surface area (Å²) in [6, 6.07) is 37.4. The molecule has 1 saturated carbocycles. The van der Waals surface area contributed by atoms with Crippen LogP contribution in [-0.2, 0) is 10.8 Å². The van der Waals surface area contributed by atoms with Gasteiger partial charge in [-0.1, -0.05) is 113 Å². The van der Waals surface area contributed by atoms with Gasteiger partial charge in [-0.2, -0.15) is 0 Å². The highest BCUT2D eigenvalue weighted by Crippen LogP contribution is 2.54. The van der Waals surface area contributed by atoms with Gasteiger partial charge >= 0.3 is 0 Å². The van der Waals surface area contributed by atoms with E-state index in [4.69, 9.17) is 0 Å². The molecule has 2 atom stereocenters. The van der Waals surface area contributed by atoms with Crippen LogP contribution >= 0.6 is 0 Å². The molecule has 38 heavy (non-hydrogen) atoms. The van der Waals surface area contributed by atoms with E-state index in [0.29, 0.717) is 12.1 Å². The van der Waals surface area contributed by atoms with Crippen molar-refractivity contribution in [3.05, 3.63) is 119 Å². The highest BCUT2D eigenvalue weighted by Gasteiger charge is 2.45. The lowest BCUT2D eigenvalue weighted by molar-refractivity contribution is 0.370. The van der Waals surface area contributed by atoms with Gasteiger partial charge in [0.1, 0.15) is 0 Å². The van der Waals surface area contributed by atoms with E-state index in [0.717, 1.165) is 0 Å². The SMILES string of the molecule is CC1(C)c2ccccc2N([C@@H]2CCCC[C@H]2N2c3ccccc3C(C)(C)c3ccccc32)c2ccccc21. The maximum atomic E-state index is 2.73. The minimum Gasteiger partial charge on any atom is -0.336 e. The number of para-hydroxylation sites is 4. The molecular formula is C36H38N2. The summed E-state index contributed by atoms with van der Waals surface area (Å²) in [5.74, 6) is 0. The fraction of sp³-hybridized carbons (Fsp3) is 0.333. The summed E-state index contributed by atoms with van der Waals surface area (Å²) in [6.45, 7) is 9.55. The molecule has 0 amide bonds. The van der Waals surface area contributed by atoms with Crippen LogP contribution in [0.1, 0.15) is 75.6 Å². The molecule has 0 N–H and O–H groups in total. The number of anilines is 4. The Kier molecular flexibility index (Phi) is 5.27. The van der Waals surface area contributed by atoms with Gasteiger partial charge < -0.3 is 9.80 Å². The highest BCUT2D eigenvalue weighted by atomic mass is 15.3. The largest absolute Gasteiger partial charge is 0.336 e. The van der Waals surface area contributed by atoms with Gasteiger partial charge in [0, 0.05) is 33.6 Å². The van der Waals surface area contributed by atoms with Crippen LogP contribution in [0, 0.1) is 0 Å². The molecule has 2 heterocycles. The van der Waals surface area contributed by atoms with Crippen molar-refractivity contribution in [2.45, 2.75) is 76.3 Å². The first-order valence-corrected chi connectivity index (χ1v) is 14.4. The molecule has 1 fully saturated rings. The Labute approximate surface area is 227 Å². The van der Waals surface area contributed by atoms with Crippen LogP contribution in [0.5, 0.6) is 0 Å². The molecule has 4 aromatic rings. The fourth-order valence-electron chi connectivity index (χ4n) is 7.81.